The Kier molecular flexibility index (Phi) is 43.7. The predicted molar refractivity (Wildman–Crippen MR) is 404 cm³/mol. The molecule has 0 aliphatic carbocycles. The van der Waals surface area contributed by atoms with Gasteiger partial charge in [-0.05, 0) is 75.6 Å². The van der Waals surface area contributed by atoms with Gasteiger partial charge >= 0.3 is 33.2 Å². The lowest BCUT2D eigenvalue weighted by Gasteiger charge is -2.40. The van der Waals surface area contributed by atoms with Crippen molar-refractivity contribution in [2.75, 3.05) is 175 Å². The standard InChI is InChI=1S/C71H106F5N11O31P2/c72-56-57(73)59(75)67(60(76)58(56)74)118-55(90)11-21-105-27-33-111-34-28-106-22-16-85(17-23-107-29-35-112-37-31-109-25-19-86-43-47(81-83-86)5-1-3-14-77-70(97)79-45-7-9-51(49(88)41-45)114-68-65(95)63(93)61(91)53(116-68)12-39-119(99,100)101)18-24-108-30-36-113-38-32-110-26-20-87-44-48(82-84-87)6-2-4-15-78-71(98)80-46-8-10-52(50(89)42-46)115-69-66(96)64(94)62(92)54(117-69)13-40-120(102,103)104/h7-10,41-44,53-54,61-66,68-69,88-89,91-96H,1-6,11-40H2,(H2,77,79,97)(H2,78,80,98)(H2,99,100,101)(H2,102,103,104)/t53-,54-,61-,62-,63+,64+,65+,66+,68+,69+/m1/s1. The van der Waals surface area contributed by atoms with Crippen molar-refractivity contribution < 1.29 is 172 Å². The number of amides is 4. The molecule has 3 aromatic carbocycles. The first-order valence-corrected chi connectivity index (χ1v) is 42.0. The molecule has 2 saturated heterocycles. The van der Waals surface area contributed by atoms with Gasteiger partial charge < -0.3 is 148 Å². The normalized spacial score (nSPS) is 19.5. The lowest BCUT2D eigenvalue weighted by atomic mass is 9.97. The number of aromatic hydroxyl groups is 2. The number of carbonyl (C=O) groups is 3. The third-order valence-corrected chi connectivity index (χ3v) is 19.5. The number of rotatable bonds is 59. The molecule has 2 fully saturated rings. The zero-order valence-corrected chi connectivity index (χ0v) is 67.2. The molecule has 10 atom stereocenters. The molecule has 0 spiro atoms. The first-order chi connectivity index (χ1) is 57.4. The van der Waals surface area contributed by atoms with Crippen LogP contribution in [0.4, 0.5) is 42.9 Å². The van der Waals surface area contributed by atoms with Gasteiger partial charge in [-0.15, -0.1) is 10.2 Å². The van der Waals surface area contributed by atoms with E-state index in [1.165, 1.54) is 36.4 Å². The number of aliphatic hydroxyl groups is 6. The highest BCUT2D eigenvalue weighted by molar-refractivity contribution is 7.52. The number of unbranched alkanes of at least 4 members (excludes halogenated alkanes) is 2. The van der Waals surface area contributed by atoms with E-state index >= 15 is 0 Å². The summed E-state index contributed by atoms with van der Waals surface area (Å²) in [5.74, 6) is -15.8. The second-order valence-corrected chi connectivity index (χ2v) is 30.6. The van der Waals surface area contributed by atoms with Gasteiger partial charge in [0, 0.05) is 68.6 Å². The van der Waals surface area contributed by atoms with Crippen LogP contribution in [0.5, 0.6) is 28.7 Å². The maximum Gasteiger partial charge on any atom is 0.325 e. The molecule has 2 aromatic heterocycles. The minimum absolute atomic E-state index is 0.000326. The van der Waals surface area contributed by atoms with Gasteiger partial charge in [0.2, 0.25) is 47.4 Å². The third-order valence-electron chi connectivity index (χ3n) is 17.8. The van der Waals surface area contributed by atoms with Crippen LogP contribution in [0.25, 0.3) is 0 Å². The Labute approximate surface area is 684 Å². The monoisotopic (exact) mass is 1770 g/mol. The lowest BCUT2D eigenvalue weighted by molar-refractivity contribution is -0.272. The average molecular weight is 1770 g/mol. The van der Waals surface area contributed by atoms with Gasteiger partial charge in [0.15, 0.2) is 23.0 Å². The minimum atomic E-state index is -4.47. The first kappa shape index (κ1) is 99.5. The van der Waals surface area contributed by atoms with Crippen LogP contribution in [0.3, 0.4) is 0 Å². The van der Waals surface area contributed by atoms with E-state index in [4.69, 9.17) is 61.6 Å². The summed E-state index contributed by atoms with van der Waals surface area (Å²) in [6.07, 6.45) is -11.5. The van der Waals surface area contributed by atoms with Gasteiger partial charge in [-0.1, -0.05) is 10.4 Å². The van der Waals surface area contributed by atoms with Crippen LogP contribution in [0.15, 0.2) is 48.8 Å². The van der Waals surface area contributed by atoms with Crippen LogP contribution in [0.1, 0.15) is 56.3 Å². The summed E-state index contributed by atoms with van der Waals surface area (Å²) in [7, 11) is -8.94. The van der Waals surface area contributed by atoms with E-state index in [9.17, 15) is 106 Å². The first-order valence-electron chi connectivity index (χ1n) is 38.4. The lowest BCUT2D eigenvalue weighted by Crippen LogP contribution is -2.59. The SMILES string of the molecule is O=C(NCCCCc1cn(CCOCCOCCOCCN(CCOCCOCCOCCC(=O)Oc2c(F)c(F)c(F)c(F)c2F)CCOCCOCCOCCn2cc(CCCCNC(=O)Nc3ccc(O[C@H]4O[C@H](CCP(=O)(O)O)[C@@H](O)[C@H](O)[C@@H]4O)c(O)c3)nn2)nn1)Nc1ccc(O[C@H]2O[C@H](CCP(=O)(O)O)[C@@H](O)[C@H](O)[C@@H]2O)c(O)c1. The number of nitrogens with one attached hydrogen (secondary N) is 4. The fourth-order valence-corrected chi connectivity index (χ4v) is 12.5. The summed E-state index contributed by atoms with van der Waals surface area (Å²) in [6.45, 7) is 7.60. The van der Waals surface area contributed by atoms with Gasteiger partial charge in [0.1, 0.15) is 36.6 Å². The van der Waals surface area contributed by atoms with E-state index in [2.05, 4.69) is 51.5 Å². The molecule has 0 saturated carbocycles. The molecule has 49 heteroatoms. The number of aromatic nitrogens is 6. The number of phenols is 2. The molecule has 120 heavy (non-hydrogen) atoms. The number of aryl methyl sites for hydroxylation is 2. The molecule has 0 bridgehead atoms. The third kappa shape index (κ3) is 36.4. The molecular weight excluding hydrogens is 1660 g/mol. The topological polar surface area (TPSA) is 570 Å². The molecule has 676 valence electrons. The summed E-state index contributed by atoms with van der Waals surface area (Å²) in [5.41, 5.74) is 1.87. The molecule has 5 aromatic rings. The Morgan fingerprint density at radius 2 is 0.808 bits per heavy atom. The molecule has 0 unspecified atom stereocenters. The number of urea groups is 2. The van der Waals surface area contributed by atoms with Crippen LogP contribution in [-0.2, 0) is 92.0 Å². The number of anilines is 2. The fraction of sp³-hybridized carbons (Fsp3) is 0.648. The quantitative estimate of drug-likeness (QED) is 0.00489. The molecule has 42 nitrogen and oxygen atoms in total. The maximum absolute atomic E-state index is 13.9. The number of nitrogens with zero attached hydrogens (tertiary/aromatic N) is 7. The van der Waals surface area contributed by atoms with Crippen molar-refractivity contribution in [3.05, 3.63) is 89.3 Å². The average Bonchev–Trinajstić information content (AvgIpc) is 0.851. The fourth-order valence-electron chi connectivity index (χ4n) is 11.3. The van der Waals surface area contributed by atoms with E-state index < -0.39 is 160 Å². The van der Waals surface area contributed by atoms with Crippen molar-refractivity contribution in [2.24, 2.45) is 0 Å². The summed E-state index contributed by atoms with van der Waals surface area (Å²) >= 11 is 0. The second kappa shape index (κ2) is 52.8. The van der Waals surface area contributed by atoms with Gasteiger partial charge in [-0.25, -0.2) is 32.1 Å². The predicted octanol–water partition coefficient (Wildman–Crippen LogP) is 0.921. The Bertz CT molecular complexity index is 3760. The van der Waals surface area contributed by atoms with Crippen LogP contribution < -0.4 is 35.5 Å². The van der Waals surface area contributed by atoms with E-state index in [0.717, 1.165) is 11.4 Å². The zero-order chi connectivity index (χ0) is 87.0. The Balaban J connectivity index is 0.693. The molecule has 2 aliphatic heterocycles. The van der Waals surface area contributed by atoms with Crippen LogP contribution in [-0.4, -0.2) is 339 Å². The molecule has 16 N–H and O–H groups in total. The smallest absolute Gasteiger partial charge is 0.325 e. The molecule has 2 aliphatic rings. The second-order valence-electron chi connectivity index (χ2n) is 27.1. The van der Waals surface area contributed by atoms with Crippen molar-refractivity contribution in [1.82, 2.24) is 45.5 Å². The Hall–Kier alpha value is -7.62. The number of esters is 1. The maximum atomic E-state index is 13.9. The van der Waals surface area contributed by atoms with E-state index in [1.54, 1.807) is 21.8 Å². The highest BCUT2D eigenvalue weighted by Gasteiger charge is 2.47. The van der Waals surface area contributed by atoms with Crippen molar-refractivity contribution in [1.29, 1.82) is 0 Å². The van der Waals surface area contributed by atoms with Gasteiger partial charge in [-0.3, -0.25) is 18.8 Å². The van der Waals surface area contributed by atoms with Crippen LogP contribution in [0.2, 0.25) is 0 Å². The number of phenolic OH excluding ortho intramolecular Hbond substituents is 2. The molecular formula is C71H106F5N11O31P2. The van der Waals surface area contributed by atoms with E-state index in [0.29, 0.717) is 170 Å². The molecule has 4 heterocycles. The van der Waals surface area contributed by atoms with Crippen molar-refractivity contribution in [2.45, 2.75) is 132 Å². The molecule has 7 rings (SSSR count). The van der Waals surface area contributed by atoms with Crippen molar-refractivity contribution >= 4 is 44.6 Å². The number of benzene rings is 3. The number of hydrogen-bond acceptors (Lipinski definition) is 32. The largest absolute Gasteiger partial charge is 0.504 e. The number of ether oxygens (including phenoxy) is 14. The summed E-state index contributed by atoms with van der Waals surface area (Å²) < 4.78 is 171. The summed E-state index contributed by atoms with van der Waals surface area (Å²) in [6, 6.07) is 6.53. The van der Waals surface area contributed by atoms with Crippen LogP contribution in [0, 0.1) is 29.1 Å². The van der Waals surface area contributed by atoms with Gasteiger partial charge in [-0.2, -0.15) is 8.78 Å². The van der Waals surface area contributed by atoms with E-state index in [-0.39, 0.29) is 68.7 Å². The zero-order valence-electron chi connectivity index (χ0n) is 65.4. The molecule has 4 amide bonds. The Morgan fingerprint density at radius 1 is 0.458 bits per heavy atom. The number of hydrogen-bond donors (Lipinski definition) is 16. The number of aliphatic hydroxyl groups excluding tert-OH is 6. The number of halogens is 5. The highest BCUT2D eigenvalue weighted by atomic mass is 31.2. The number of carbonyl (C=O) groups excluding carboxylic acids is 3. The van der Waals surface area contributed by atoms with Crippen LogP contribution >= 0.6 is 15.2 Å². The minimum Gasteiger partial charge on any atom is -0.504 e. The summed E-state index contributed by atoms with van der Waals surface area (Å²) in [4.78, 5) is 76.1. The highest BCUT2D eigenvalue weighted by Crippen LogP contribution is 2.41. The summed E-state index contributed by atoms with van der Waals surface area (Å²) in [5, 5.41) is 110. The van der Waals surface area contributed by atoms with Gasteiger partial charge in [0.05, 0.1) is 174 Å². The van der Waals surface area contributed by atoms with Crippen molar-refractivity contribution in [3.8, 4) is 28.7 Å². The van der Waals surface area contributed by atoms with Crippen molar-refractivity contribution in [3.63, 3.8) is 0 Å². The Morgan fingerprint density at radius 3 is 1.18 bits per heavy atom. The van der Waals surface area contributed by atoms with E-state index in [1.807, 2.05) is 0 Å². The molecule has 0 radical (unpaired) electrons. The van der Waals surface area contributed by atoms with Gasteiger partial charge in [0.25, 0.3) is 0 Å².